The molecule has 1 N–H and O–H groups in total. The highest BCUT2D eigenvalue weighted by molar-refractivity contribution is 5.77. The molecule has 3 aromatic rings. The standard InChI is InChI=1S/C23H20N2O3/c24-16-18-6-8-19(9-7-18)20-10-12-22(13-11-20)28-17-23(26)25-14-15-27-21-4-2-1-3-5-21/h1-13H,14-15,17H2,(H,25,26). The van der Waals surface area contributed by atoms with Crippen LogP contribution in [0.2, 0.25) is 0 Å². The highest BCUT2D eigenvalue weighted by Gasteiger charge is 2.04. The van der Waals surface area contributed by atoms with Gasteiger partial charge in [-0.1, -0.05) is 42.5 Å². The number of nitriles is 1. The van der Waals surface area contributed by atoms with E-state index in [1.165, 1.54) is 0 Å². The van der Waals surface area contributed by atoms with Crippen LogP contribution in [0, 0.1) is 11.3 Å². The Morgan fingerprint density at radius 2 is 1.43 bits per heavy atom. The Morgan fingerprint density at radius 3 is 2.07 bits per heavy atom. The van der Waals surface area contributed by atoms with Crippen molar-refractivity contribution in [3.8, 4) is 28.7 Å². The van der Waals surface area contributed by atoms with E-state index < -0.39 is 0 Å². The van der Waals surface area contributed by atoms with Crippen LogP contribution in [-0.4, -0.2) is 25.7 Å². The maximum Gasteiger partial charge on any atom is 0.258 e. The van der Waals surface area contributed by atoms with E-state index in [4.69, 9.17) is 14.7 Å². The third-order valence-corrected chi connectivity index (χ3v) is 4.01. The molecule has 0 aliphatic heterocycles. The first kappa shape index (κ1) is 19.0. The van der Waals surface area contributed by atoms with Gasteiger partial charge in [-0.15, -0.1) is 0 Å². The lowest BCUT2D eigenvalue weighted by Crippen LogP contribution is -2.32. The number of nitrogens with zero attached hydrogens (tertiary/aromatic N) is 1. The maximum atomic E-state index is 11.9. The third kappa shape index (κ3) is 5.61. The van der Waals surface area contributed by atoms with Crippen LogP contribution in [-0.2, 0) is 4.79 Å². The van der Waals surface area contributed by atoms with Gasteiger partial charge in [-0.3, -0.25) is 4.79 Å². The van der Waals surface area contributed by atoms with E-state index in [-0.39, 0.29) is 12.5 Å². The Labute approximate surface area is 164 Å². The molecule has 3 aromatic carbocycles. The minimum Gasteiger partial charge on any atom is -0.492 e. The summed E-state index contributed by atoms with van der Waals surface area (Å²) in [6.07, 6.45) is 0. The molecule has 0 aliphatic rings. The zero-order chi connectivity index (χ0) is 19.6. The van der Waals surface area contributed by atoms with Crippen molar-refractivity contribution in [1.29, 1.82) is 5.26 Å². The minimum atomic E-state index is -0.201. The largest absolute Gasteiger partial charge is 0.492 e. The summed E-state index contributed by atoms with van der Waals surface area (Å²) in [5, 5.41) is 11.6. The molecule has 0 spiro atoms. The summed E-state index contributed by atoms with van der Waals surface area (Å²) in [5.74, 6) is 1.19. The van der Waals surface area contributed by atoms with E-state index >= 15 is 0 Å². The molecule has 0 heterocycles. The molecule has 5 heteroatoms. The number of ether oxygens (including phenoxy) is 2. The smallest absolute Gasteiger partial charge is 0.258 e. The lowest BCUT2D eigenvalue weighted by Gasteiger charge is -2.09. The molecule has 5 nitrogen and oxygen atoms in total. The molecule has 140 valence electrons. The molecule has 0 bridgehead atoms. The molecule has 0 unspecified atom stereocenters. The van der Waals surface area contributed by atoms with E-state index in [0.29, 0.717) is 24.5 Å². The van der Waals surface area contributed by atoms with Crippen molar-refractivity contribution in [2.24, 2.45) is 0 Å². The van der Waals surface area contributed by atoms with E-state index in [9.17, 15) is 4.79 Å². The molecular formula is C23H20N2O3. The predicted octanol–water partition coefficient (Wildman–Crippen LogP) is 3.80. The van der Waals surface area contributed by atoms with Gasteiger partial charge >= 0.3 is 0 Å². The Morgan fingerprint density at radius 1 is 0.821 bits per heavy atom. The molecule has 0 radical (unpaired) electrons. The quantitative estimate of drug-likeness (QED) is 0.611. The summed E-state index contributed by atoms with van der Waals surface area (Å²) in [4.78, 5) is 11.9. The molecule has 0 saturated heterocycles. The van der Waals surface area contributed by atoms with Crippen molar-refractivity contribution in [3.05, 3.63) is 84.4 Å². The molecular weight excluding hydrogens is 352 g/mol. The Balaban J connectivity index is 1.40. The fraction of sp³-hybridized carbons (Fsp3) is 0.130. The molecule has 28 heavy (non-hydrogen) atoms. The second-order valence-electron chi connectivity index (χ2n) is 6.01. The molecule has 3 rings (SSSR count). The van der Waals surface area contributed by atoms with Crippen LogP contribution in [0.1, 0.15) is 5.56 Å². The van der Waals surface area contributed by atoms with Crippen LogP contribution in [0.4, 0.5) is 0 Å². The van der Waals surface area contributed by atoms with Crippen molar-refractivity contribution in [3.63, 3.8) is 0 Å². The van der Waals surface area contributed by atoms with E-state index in [0.717, 1.165) is 16.9 Å². The Bertz CT molecular complexity index is 930. The number of hydrogen-bond donors (Lipinski definition) is 1. The average Bonchev–Trinajstić information content (AvgIpc) is 2.76. The number of nitrogens with one attached hydrogen (secondary N) is 1. The monoisotopic (exact) mass is 372 g/mol. The topological polar surface area (TPSA) is 71.3 Å². The number of carbonyl (C=O) groups is 1. The van der Waals surface area contributed by atoms with Crippen molar-refractivity contribution >= 4 is 5.91 Å². The van der Waals surface area contributed by atoms with Gasteiger partial charge < -0.3 is 14.8 Å². The number of hydrogen-bond acceptors (Lipinski definition) is 4. The summed E-state index contributed by atoms with van der Waals surface area (Å²) in [6.45, 7) is 0.755. The van der Waals surface area contributed by atoms with Gasteiger partial charge in [0.2, 0.25) is 0 Å². The van der Waals surface area contributed by atoms with Crippen LogP contribution >= 0.6 is 0 Å². The second-order valence-corrected chi connectivity index (χ2v) is 6.01. The zero-order valence-corrected chi connectivity index (χ0v) is 15.3. The lowest BCUT2D eigenvalue weighted by molar-refractivity contribution is -0.123. The van der Waals surface area contributed by atoms with Gasteiger partial charge in [-0.2, -0.15) is 5.26 Å². The van der Waals surface area contributed by atoms with Crippen molar-refractivity contribution < 1.29 is 14.3 Å². The van der Waals surface area contributed by atoms with Gasteiger partial charge in [0.1, 0.15) is 18.1 Å². The van der Waals surface area contributed by atoms with Gasteiger partial charge in [-0.05, 0) is 47.5 Å². The molecule has 0 saturated carbocycles. The van der Waals surface area contributed by atoms with Gasteiger partial charge in [-0.25, -0.2) is 0 Å². The molecule has 1 amide bonds. The maximum absolute atomic E-state index is 11.9. The predicted molar refractivity (Wildman–Crippen MR) is 107 cm³/mol. The third-order valence-electron chi connectivity index (χ3n) is 4.01. The Kier molecular flexibility index (Phi) is 6.64. The summed E-state index contributed by atoms with van der Waals surface area (Å²) in [5.41, 5.74) is 2.66. The van der Waals surface area contributed by atoms with E-state index in [2.05, 4.69) is 11.4 Å². The fourth-order valence-corrected chi connectivity index (χ4v) is 2.56. The van der Waals surface area contributed by atoms with E-state index in [1.807, 2.05) is 66.7 Å². The summed E-state index contributed by atoms with van der Waals surface area (Å²) >= 11 is 0. The second kappa shape index (κ2) is 9.79. The summed E-state index contributed by atoms with van der Waals surface area (Å²) in [6, 6.07) is 26.4. The molecule has 0 fully saturated rings. The minimum absolute atomic E-state index is 0.0540. The molecule has 0 aromatic heterocycles. The normalized spacial score (nSPS) is 9.96. The lowest BCUT2D eigenvalue weighted by atomic mass is 10.0. The van der Waals surface area contributed by atoms with Crippen molar-refractivity contribution in [2.45, 2.75) is 0 Å². The van der Waals surface area contributed by atoms with Crippen LogP contribution in [0.25, 0.3) is 11.1 Å². The van der Waals surface area contributed by atoms with Crippen LogP contribution < -0.4 is 14.8 Å². The first-order valence-corrected chi connectivity index (χ1v) is 8.92. The van der Waals surface area contributed by atoms with Crippen molar-refractivity contribution in [2.75, 3.05) is 19.8 Å². The Hall–Kier alpha value is -3.78. The number of para-hydroxylation sites is 1. The highest BCUT2D eigenvalue weighted by atomic mass is 16.5. The first-order chi connectivity index (χ1) is 13.7. The number of carbonyl (C=O) groups excluding carboxylic acids is 1. The van der Waals surface area contributed by atoms with Crippen LogP contribution in [0.5, 0.6) is 11.5 Å². The zero-order valence-electron chi connectivity index (χ0n) is 15.3. The molecule has 0 aliphatic carbocycles. The number of rotatable bonds is 8. The summed E-state index contributed by atoms with van der Waals surface area (Å²) in [7, 11) is 0. The average molecular weight is 372 g/mol. The van der Waals surface area contributed by atoms with Gasteiger partial charge in [0.15, 0.2) is 6.61 Å². The van der Waals surface area contributed by atoms with Gasteiger partial charge in [0.05, 0.1) is 18.2 Å². The molecule has 0 atom stereocenters. The first-order valence-electron chi connectivity index (χ1n) is 8.92. The fourth-order valence-electron chi connectivity index (χ4n) is 2.56. The SMILES string of the molecule is N#Cc1ccc(-c2ccc(OCC(=O)NCCOc3ccccc3)cc2)cc1. The van der Waals surface area contributed by atoms with Gasteiger partial charge in [0, 0.05) is 0 Å². The van der Waals surface area contributed by atoms with E-state index in [1.54, 1.807) is 12.1 Å². The number of amides is 1. The highest BCUT2D eigenvalue weighted by Crippen LogP contribution is 2.22. The van der Waals surface area contributed by atoms with Gasteiger partial charge in [0.25, 0.3) is 5.91 Å². The number of benzene rings is 3. The summed E-state index contributed by atoms with van der Waals surface area (Å²) < 4.78 is 11.0. The van der Waals surface area contributed by atoms with Crippen LogP contribution in [0.15, 0.2) is 78.9 Å². The van der Waals surface area contributed by atoms with Crippen molar-refractivity contribution in [1.82, 2.24) is 5.32 Å². The van der Waals surface area contributed by atoms with Crippen LogP contribution in [0.3, 0.4) is 0 Å².